The number of carbonyl (C=O) groups is 1. The van der Waals surface area contributed by atoms with E-state index in [0.29, 0.717) is 0 Å². The third-order valence-electron chi connectivity index (χ3n) is 2.74. The fraction of sp³-hybridized carbons (Fsp3) is 0.273. The van der Waals surface area contributed by atoms with Crippen LogP contribution in [0.2, 0.25) is 0 Å². The van der Waals surface area contributed by atoms with Gasteiger partial charge in [0.25, 0.3) is 0 Å². The summed E-state index contributed by atoms with van der Waals surface area (Å²) < 4.78 is 1.14. The van der Waals surface area contributed by atoms with Crippen LogP contribution in [0.4, 0.5) is 0 Å². The van der Waals surface area contributed by atoms with E-state index in [1.165, 1.54) is 0 Å². The van der Waals surface area contributed by atoms with Gasteiger partial charge in [0.1, 0.15) is 0 Å². The molecule has 4 heteroatoms. The first-order valence-electron chi connectivity index (χ1n) is 4.84. The maximum absolute atomic E-state index is 10.7. The maximum Gasteiger partial charge on any atom is 0.307 e. The molecule has 3 rings (SSSR count). The number of benzene rings is 1. The van der Waals surface area contributed by atoms with Crippen molar-refractivity contribution in [2.75, 3.05) is 0 Å². The summed E-state index contributed by atoms with van der Waals surface area (Å²) in [4.78, 5) is 15.2. The molecule has 76 valence electrons. The van der Waals surface area contributed by atoms with Crippen molar-refractivity contribution < 1.29 is 9.90 Å². The second kappa shape index (κ2) is 3.03. The molecule has 3 nitrogen and oxygen atoms in total. The normalized spacial score (nSPS) is 24.3. The lowest BCUT2D eigenvalue weighted by molar-refractivity contribution is -0.138. The highest BCUT2D eigenvalue weighted by Gasteiger charge is 2.46. The van der Waals surface area contributed by atoms with E-state index in [2.05, 4.69) is 4.98 Å². The van der Waals surface area contributed by atoms with Crippen molar-refractivity contribution in [3.05, 3.63) is 29.3 Å². The van der Waals surface area contributed by atoms with Crippen LogP contribution in [0.25, 0.3) is 10.2 Å². The van der Waals surface area contributed by atoms with Crippen molar-refractivity contribution in [2.24, 2.45) is 5.92 Å². The number of carboxylic acids is 1. The van der Waals surface area contributed by atoms with Gasteiger partial charge >= 0.3 is 5.97 Å². The molecule has 0 amide bonds. The molecule has 1 aliphatic rings. The molecule has 1 heterocycles. The standard InChI is InChI=1S/C11H9NO2S/c13-11(14)7-5-6(7)10-12-8-3-1-2-4-9(8)15-10/h1-4,6-7H,5H2,(H,13,14). The Morgan fingerprint density at radius 2 is 2.27 bits per heavy atom. The lowest BCUT2D eigenvalue weighted by atomic mass is 10.3. The van der Waals surface area contributed by atoms with E-state index in [9.17, 15) is 4.79 Å². The third-order valence-corrected chi connectivity index (χ3v) is 3.90. The van der Waals surface area contributed by atoms with Crippen molar-refractivity contribution in [2.45, 2.75) is 12.3 Å². The van der Waals surface area contributed by atoms with E-state index in [-0.39, 0.29) is 11.8 Å². The van der Waals surface area contributed by atoms with Gasteiger partial charge in [-0.15, -0.1) is 11.3 Å². The topological polar surface area (TPSA) is 50.2 Å². The molecule has 1 aliphatic carbocycles. The molecule has 0 bridgehead atoms. The summed E-state index contributed by atoms with van der Waals surface area (Å²) in [6.45, 7) is 0. The summed E-state index contributed by atoms with van der Waals surface area (Å²) in [6, 6.07) is 7.92. The fourth-order valence-electron chi connectivity index (χ4n) is 1.79. The van der Waals surface area contributed by atoms with E-state index < -0.39 is 5.97 Å². The van der Waals surface area contributed by atoms with Gasteiger partial charge in [-0.3, -0.25) is 4.79 Å². The Labute approximate surface area is 90.4 Å². The largest absolute Gasteiger partial charge is 0.481 e. The van der Waals surface area contributed by atoms with Crippen LogP contribution < -0.4 is 0 Å². The summed E-state index contributed by atoms with van der Waals surface area (Å²) in [5.41, 5.74) is 0.980. The number of aromatic nitrogens is 1. The summed E-state index contributed by atoms with van der Waals surface area (Å²) in [5.74, 6) is -0.746. The highest BCUT2D eigenvalue weighted by molar-refractivity contribution is 7.18. The molecule has 1 aromatic heterocycles. The summed E-state index contributed by atoms with van der Waals surface area (Å²) in [6.07, 6.45) is 0.745. The Hall–Kier alpha value is -1.42. The van der Waals surface area contributed by atoms with Gasteiger partial charge in [-0.1, -0.05) is 12.1 Å². The van der Waals surface area contributed by atoms with Crippen molar-refractivity contribution >= 4 is 27.5 Å². The number of rotatable bonds is 2. The fourth-order valence-corrected chi connectivity index (χ4v) is 2.94. The minimum atomic E-state index is -0.695. The van der Waals surface area contributed by atoms with Crippen LogP contribution in [0.3, 0.4) is 0 Å². The maximum atomic E-state index is 10.7. The first kappa shape index (κ1) is 8.85. The molecule has 0 saturated heterocycles. The van der Waals surface area contributed by atoms with Gasteiger partial charge < -0.3 is 5.11 Å². The van der Waals surface area contributed by atoms with Gasteiger partial charge in [-0.25, -0.2) is 4.98 Å². The van der Waals surface area contributed by atoms with Gasteiger partial charge in [0.05, 0.1) is 21.1 Å². The quantitative estimate of drug-likeness (QED) is 0.844. The average Bonchev–Trinajstić information content (AvgIpc) is 2.91. The van der Waals surface area contributed by atoms with Crippen LogP contribution in [-0.4, -0.2) is 16.1 Å². The van der Waals surface area contributed by atoms with E-state index in [1.54, 1.807) is 11.3 Å². The van der Waals surface area contributed by atoms with Gasteiger partial charge in [0.15, 0.2) is 0 Å². The number of hydrogen-bond acceptors (Lipinski definition) is 3. The van der Waals surface area contributed by atoms with Gasteiger partial charge in [-0.2, -0.15) is 0 Å². The molecule has 0 radical (unpaired) electrons. The lowest BCUT2D eigenvalue weighted by Gasteiger charge is -1.88. The average molecular weight is 219 g/mol. The number of thiazole rings is 1. The second-order valence-electron chi connectivity index (χ2n) is 3.81. The van der Waals surface area contributed by atoms with Crippen molar-refractivity contribution in [3.8, 4) is 0 Å². The van der Waals surface area contributed by atoms with Gasteiger partial charge in [0, 0.05) is 5.92 Å². The first-order chi connectivity index (χ1) is 7.25. The third kappa shape index (κ3) is 1.41. The summed E-state index contributed by atoms with van der Waals surface area (Å²) in [7, 11) is 0. The minimum absolute atomic E-state index is 0.153. The minimum Gasteiger partial charge on any atom is -0.481 e. The zero-order chi connectivity index (χ0) is 10.4. The Morgan fingerprint density at radius 1 is 1.47 bits per heavy atom. The number of para-hydroxylation sites is 1. The molecule has 0 spiro atoms. The van der Waals surface area contributed by atoms with E-state index in [4.69, 9.17) is 5.11 Å². The van der Waals surface area contributed by atoms with Crippen molar-refractivity contribution in [1.82, 2.24) is 4.98 Å². The molecule has 2 unspecified atom stereocenters. The van der Waals surface area contributed by atoms with Crippen LogP contribution in [-0.2, 0) is 4.79 Å². The zero-order valence-corrected chi connectivity index (χ0v) is 8.70. The first-order valence-corrected chi connectivity index (χ1v) is 5.65. The van der Waals surface area contributed by atoms with Crippen molar-refractivity contribution in [1.29, 1.82) is 0 Å². The van der Waals surface area contributed by atoms with Crippen LogP contribution in [0, 0.1) is 5.92 Å². The predicted octanol–water partition coefficient (Wildman–Crippen LogP) is 2.48. The monoisotopic (exact) mass is 219 g/mol. The van der Waals surface area contributed by atoms with E-state index in [1.807, 2.05) is 24.3 Å². The molecule has 1 fully saturated rings. The number of aliphatic carboxylic acids is 1. The van der Waals surface area contributed by atoms with Crippen LogP contribution >= 0.6 is 11.3 Å². The highest BCUT2D eigenvalue weighted by atomic mass is 32.1. The van der Waals surface area contributed by atoms with Crippen LogP contribution in [0.15, 0.2) is 24.3 Å². The molecule has 0 aliphatic heterocycles. The number of carboxylic acid groups (broad SMARTS) is 1. The number of hydrogen-bond donors (Lipinski definition) is 1. The predicted molar refractivity (Wildman–Crippen MR) is 58.1 cm³/mol. The Bertz CT molecular complexity index is 501. The Morgan fingerprint density at radius 3 is 2.93 bits per heavy atom. The molecule has 2 atom stereocenters. The zero-order valence-electron chi connectivity index (χ0n) is 7.88. The molecule has 1 aromatic carbocycles. The SMILES string of the molecule is O=C(O)C1CC1c1nc2ccccc2s1. The molecule has 15 heavy (non-hydrogen) atoms. The summed E-state index contributed by atoms with van der Waals surface area (Å²) in [5, 5.41) is 9.81. The Balaban J connectivity index is 1.97. The van der Waals surface area contributed by atoms with Gasteiger partial charge in [-0.05, 0) is 18.6 Å². The smallest absolute Gasteiger partial charge is 0.307 e. The Kier molecular flexibility index (Phi) is 1.79. The van der Waals surface area contributed by atoms with Crippen LogP contribution in [0.1, 0.15) is 17.3 Å². The van der Waals surface area contributed by atoms with Crippen LogP contribution in [0.5, 0.6) is 0 Å². The van der Waals surface area contributed by atoms with Crippen molar-refractivity contribution in [3.63, 3.8) is 0 Å². The lowest BCUT2D eigenvalue weighted by Crippen LogP contribution is -1.98. The second-order valence-corrected chi connectivity index (χ2v) is 4.87. The molecule has 1 N–H and O–H groups in total. The molecule has 2 aromatic rings. The number of fused-ring (bicyclic) bond motifs is 1. The summed E-state index contributed by atoms with van der Waals surface area (Å²) >= 11 is 1.61. The molecular weight excluding hydrogens is 210 g/mol. The molecular formula is C11H9NO2S. The van der Waals surface area contributed by atoms with E-state index in [0.717, 1.165) is 21.6 Å². The number of nitrogens with zero attached hydrogens (tertiary/aromatic N) is 1. The van der Waals surface area contributed by atoms with Gasteiger partial charge in [0.2, 0.25) is 0 Å². The highest BCUT2D eigenvalue weighted by Crippen LogP contribution is 2.49. The van der Waals surface area contributed by atoms with E-state index >= 15 is 0 Å². The molecule has 1 saturated carbocycles.